The number of nitrogens with one attached hydrogen (secondary N) is 2. The van der Waals surface area contributed by atoms with Crippen molar-refractivity contribution in [3.63, 3.8) is 0 Å². The lowest BCUT2D eigenvalue weighted by Gasteiger charge is -2.10. The fourth-order valence-corrected chi connectivity index (χ4v) is 2.21. The second-order valence-electron chi connectivity index (χ2n) is 5.03. The standard InChI is InChI=1S/C17H17ClN2O3/c1-11-6-7-16(15(18)8-11)20-17(22)10-23-14-5-3-4-13(9-14)19-12(2)21/h3-9H,10H2,1-2H3,(H,19,21)(H,20,22). The third-order valence-corrected chi connectivity index (χ3v) is 3.24. The van der Waals surface area contributed by atoms with Gasteiger partial charge in [0.05, 0.1) is 10.7 Å². The number of carbonyl (C=O) groups excluding carboxylic acids is 2. The van der Waals surface area contributed by atoms with E-state index >= 15 is 0 Å². The molecular formula is C17H17ClN2O3. The molecule has 5 nitrogen and oxygen atoms in total. The zero-order chi connectivity index (χ0) is 16.8. The minimum atomic E-state index is -0.319. The Morgan fingerprint density at radius 3 is 2.61 bits per heavy atom. The molecule has 0 heterocycles. The van der Waals surface area contributed by atoms with Gasteiger partial charge in [0.2, 0.25) is 5.91 Å². The first-order valence-corrected chi connectivity index (χ1v) is 7.38. The molecule has 0 bridgehead atoms. The van der Waals surface area contributed by atoms with Gasteiger partial charge in [0.25, 0.3) is 5.91 Å². The van der Waals surface area contributed by atoms with Crippen LogP contribution in [0.1, 0.15) is 12.5 Å². The zero-order valence-electron chi connectivity index (χ0n) is 12.9. The number of rotatable bonds is 5. The molecule has 0 aliphatic rings. The maximum absolute atomic E-state index is 11.9. The number of aryl methyl sites for hydroxylation is 1. The molecule has 0 aliphatic carbocycles. The average Bonchev–Trinajstić information content (AvgIpc) is 2.48. The van der Waals surface area contributed by atoms with E-state index < -0.39 is 0 Å². The van der Waals surface area contributed by atoms with Crippen LogP contribution in [0, 0.1) is 6.92 Å². The highest BCUT2D eigenvalue weighted by Gasteiger charge is 2.07. The first-order valence-electron chi connectivity index (χ1n) is 7.00. The van der Waals surface area contributed by atoms with Crippen molar-refractivity contribution in [1.29, 1.82) is 0 Å². The van der Waals surface area contributed by atoms with Gasteiger partial charge in [-0.2, -0.15) is 0 Å². The quantitative estimate of drug-likeness (QED) is 0.878. The maximum Gasteiger partial charge on any atom is 0.262 e. The van der Waals surface area contributed by atoms with Gasteiger partial charge >= 0.3 is 0 Å². The molecule has 23 heavy (non-hydrogen) atoms. The van der Waals surface area contributed by atoms with Gasteiger partial charge in [0.15, 0.2) is 6.61 Å². The van der Waals surface area contributed by atoms with Crippen LogP contribution in [0.2, 0.25) is 5.02 Å². The van der Waals surface area contributed by atoms with Gasteiger partial charge in [-0.25, -0.2) is 0 Å². The molecule has 0 radical (unpaired) electrons. The average molecular weight is 333 g/mol. The number of amides is 2. The molecule has 120 valence electrons. The van der Waals surface area contributed by atoms with E-state index in [1.165, 1.54) is 6.92 Å². The highest BCUT2D eigenvalue weighted by Crippen LogP contribution is 2.23. The molecule has 0 saturated carbocycles. The molecule has 0 spiro atoms. The number of anilines is 2. The third-order valence-electron chi connectivity index (χ3n) is 2.92. The van der Waals surface area contributed by atoms with Crippen LogP contribution in [0.15, 0.2) is 42.5 Å². The van der Waals surface area contributed by atoms with Gasteiger partial charge in [-0.3, -0.25) is 9.59 Å². The summed E-state index contributed by atoms with van der Waals surface area (Å²) in [6.07, 6.45) is 0. The largest absolute Gasteiger partial charge is 0.484 e. The van der Waals surface area contributed by atoms with Crippen molar-refractivity contribution in [2.75, 3.05) is 17.2 Å². The van der Waals surface area contributed by atoms with Crippen molar-refractivity contribution in [3.05, 3.63) is 53.1 Å². The molecule has 6 heteroatoms. The lowest BCUT2D eigenvalue weighted by molar-refractivity contribution is -0.118. The van der Waals surface area contributed by atoms with E-state index in [1.807, 2.05) is 13.0 Å². The van der Waals surface area contributed by atoms with Crippen LogP contribution in [-0.4, -0.2) is 18.4 Å². The fraction of sp³-hybridized carbons (Fsp3) is 0.176. The summed E-state index contributed by atoms with van der Waals surface area (Å²) in [5.74, 6) is -0.00371. The molecular weight excluding hydrogens is 316 g/mol. The van der Waals surface area contributed by atoms with Gasteiger partial charge in [-0.05, 0) is 36.8 Å². The van der Waals surface area contributed by atoms with Gasteiger partial charge in [0.1, 0.15) is 5.75 Å². The maximum atomic E-state index is 11.9. The Morgan fingerprint density at radius 1 is 1.13 bits per heavy atom. The number of hydrogen-bond acceptors (Lipinski definition) is 3. The molecule has 0 atom stereocenters. The molecule has 2 rings (SSSR count). The van der Waals surface area contributed by atoms with Crippen molar-refractivity contribution >= 4 is 34.8 Å². The topological polar surface area (TPSA) is 67.4 Å². The van der Waals surface area contributed by atoms with Crippen molar-refractivity contribution in [3.8, 4) is 5.75 Å². The van der Waals surface area contributed by atoms with Gasteiger partial charge in [-0.15, -0.1) is 0 Å². The molecule has 2 N–H and O–H groups in total. The minimum absolute atomic E-state index is 0.159. The number of benzene rings is 2. The summed E-state index contributed by atoms with van der Waals surface area (Å²) in [7, 11) is 0. The Bertz CT molecular complexity index is 732. The Hall–Kier alpha value is -2.53. The Balaban J connectivity index is 1.92. The van der Waals surface area contributed by atoms with Crippen LogP contribution >= 0.6 is 11.6 Å². The number of halogens is 1. The van der Waals surface area contributed by atoms with Crippen molar-refractivity contribution in [2.45, 2.75) is 13.8 Å². The predicted octanol–water partition coefficient (Wildman–Crippen LogP) is 3.62. The summed E-state index contributed by atoms with van der Waals surface area (Å²) in [6.45, 7) is 3.18. The van der Waals surface area contributed by atoms with E-state index in [0.717, 1.165) is 5.56 Å². The van der Waals surface area contributed by atoms with Crippen molar-refractivity contribution < 1.29 is 14.3 Å². The minimum Gasteiger partial charge on any atom is -0.484 e. The highest BCUT2D eigenvalue weighted by atomic mass is 35.5. The lowest BCUT2D eigenvalue weighted by Crippen LogP contribution is -2.20. The van der Waals surface area contributed by atoms with E-state index in [9.17, 15) is 9.59 Å². The Morgan fingerprint density at radius 2 is 1.91 bits per heavy atom. The van der Waals surface area contributed by atoms with Gasteiger partial charge in [0, 0.05) is 18.7 Å². The first kappa shape index (κ1) is 16.8. The Labute approximate surface area is 139 Å². The van der Waals surface area contributed by atoms with Crippen LogP contribution in [0.5, 0.6) is 5.75 Å². The van der Waals surface area contributed by atoms with E-state index in [0.29, 0.717) is 22.1 Å². The zero-order valence-corrected chi connectivity index (χ0v) is 13.6. The fourth-order valence-electron chi connectivity index (χ4n) is 1.92. The number of ether oxygens (including phenoxy) is 1. The molecule has 0 fully saturated rings. The van der Waals surface area contributed by atoms with E-state index in [1.54, 1.807) is 36.4 Å². The summed E-state index contributed by atoms with van der Waals surface area (Å²) in [5.41, 5.74) is 2.16. The van der Waals surface area contributed by atoms with Crippen molar-refractivity contribution in [2.24, 2.45) is 0 Å². The third kappa shape index (κ3) is 5.30. The summed E-state index contributed by atoms with van der Waals surface area (Å²) in [6, 6.07) is 12.2. The van der Waals surface area contributed by atoms with Crippen molar-refractivity contribution in [1.82, 2.24) is 0 Å². The van der Waals surface area contributed by atoms with Crippen LogP contribution < -0.4 is 15.4 Å². The van der Waals surface area contributed by atoms with E-state index in [2.05, 4.69) is 10.6 Å². The molecule has 2 amide bonds. The normalized spacial score (nSPS) is 10.0. The molecule has 2 aromatic rings. The number of hydrogen-bond donors (Lipinski definition) is 2. The van der Waals surface area contributed by atoms with Gasteiger partial charge in [-0.1, -0.05) is 23.7 Å². The first-order chi connectivity index (χ1) is 10.9. The second-order valence-corrected chi connectivity index (χ2v) is 5.44. The molecule has 0 aliphatic heterocycles. The van der Waals surface area contributed by atoms with Crippen LogP contribution in [0.25, 0.3) is 0 Å². The highest BCUT2D eigenvalue weighted by molar-refractivity contribution is 6.33. The van der Waals surface area contributed by atoms with Crippen LogP contribution in [0.3, 0.4) is 0 Å². The van der Waals surface area contributed by atoms with E-state index in [-0.39, 0.29) is 18.4 Å². The molecule has 2 aromatic carbocycles. The molecule has 0 aromatic heterocycles. The summed E-state index contributed by atoms with van der Waals surface area (Å²) in [5, 5.41) is 5.82. The SMILES string of the molecule is CC(=O)Nc1cccc(OCC(=O)Nc2ccc(C)cc2Cl)c1. The summed E-state index contributed by atoms with van der Waals surface area (Å²) in [4.78, 5) is 22.9. The van der Waals surface area contributed by atoms with E-state index in [4.69, 9.17) is 16.3 Å². The molecule has 0 unspecified atom stereocenters. The Kier molecular flexibility index (Phi) is 5.60. The van der Waals surface area contributed by atoms with Crippen LogP contribution in [0.4, 0.5) is 11.4 Å². The smallest absolute Gasteiger partial charge is 0.262 e. The predicted molar refractivity (Wildman–Crippen MR) is 91.1 cm³/mol. The number of carbonyl (C=O) groups is 2. The summed E-state index contributed by atoms with van der Waals surface area (Å²) < 4.78 is 5.42. The monoisotopic (exact) mass is 332 g/mol. The van der Waals surface area contributed by atoms with Crippen LogP contribution in [-0.2, 0) is 9.59 Å². The van der Waals surface area contributed by atoms with Gasteiger partial charge < -0.3 is 15.4 Å². The molecule has 0 saturated heterocycles. The summed E-state index contributed by atoms with van der Waals surface area (Å²) >= 11 is 6.06. The lowest BCUT2D eigenvalue weighted by atomic mass is 10.2. The second kappa shape index (κ2) is 7.65.